The summed E-state index contributed by atoms with van der Waals surface area (Å²) in [7, 11) is 0. The Morgan fingerprint density at radius 3 is 2.94 bits per heavy atom. The SMILES string of the molecule is O=C(NCC1(O)CCOC1)c1ccc(O)cc1F. The molecule has 0 saturated carbocycles. The zero-order valence-electron chi connectivity index (χ0n) is 9.65. The van der Waals surface area contributed by atoms with Crippen molar-refractivity contribution >= 4 is 5.91 Å². The highest BCUT2D eigenvalue weighted by Crippen LogP contribution is 2.18. The van der Waals surface area contributed by atoms with Crippen molar-refractivity contribution < 1.29 is 24.1 Å². The highest BCUT2D eigenvalue weighted by atomic mass is 19.1. The number of aromatic hydroxyl groups is 1. The van der Waals surface area contributed by atoms with Gasteiger partial charge >= 0.3 is 0 Å². The molecule has 0 aromatic heterocycles. The maximum atomic E-state index is 13.4. The first kappa shape index (κ1) is 12.8. The molecule has 6 heteroatoms. The van der Waals surface area contributed by atoms with E-state index in [1.807, 2.05) is 0 Å². The van der Waals surface area contributed by atoms with E-state index in [9.17, 15) is 14.3 Å². The van der Waals surface area contributed by atoms with E-state index in [4.69, 9.17) is 9.84 Å². The molecule has 2 rings (SSSR count). The van der Waals surface area contributed by atoms with Gasteiger partial charge in [0.1, 0.15) is 17.2 Å². The lowest BCUT2D eigenvalue weighted by molar-refractivity contribution is 0.0264. The first-order valence-corrected chi connectivity index (χ1v) is 5.57. The molecule has 3 N–H and O–H groups in total. The summed E-state index contributed by atoms with van der Waals surface area (Å²) < 4.78 is 18.4. The molecule has 1 aliphatic heterocycles. The number of hydrogen-bond donors (Lipinski definition) is 3. The monoisotopic (exact) mass is 255 g/mol. The van der Waals surface area contributed by atoms with Gasteiger partial charge in [-0.3, -0.25) is 4.79 Å². The smallest absolute Gasteiger partial charge is 0.254 e. The van der Waals surface area contributed by atoms with Crippen molar-refractivity contribution in [3.8, 4) is 5.75 Å². The number of benzene rings is 1. The van der Waals surface area contributed by atoms with Gasteiger partial charge in [-0.05, 0) is 12.1 Å². The van der Waals surface area contributed by atoms with Crippen LogP contribution in [0.2, 0.25) is 0 Å². The number of phenolic OH excluding ortho intramolecular Hbond substituents is 1. The summed E-state index contributed by atoms with van der Waals surface area (Å²) >= 11 is 0. The Morgan fingerprint density at radius 2 is 2.33 bits per heavy atom. The van der Waals surface area contributed by atoms with Crippen LogP contribution in [0, 0.1) is 5.82 Å². The maximum Gasteiger partial charge on any atom is 0.254 e. The molecular formula is C12H14FNO4. The van der Waals surface area contributed by atoms with Crippen LogP contribution in [0.5, 0.6) is 5.75 Å². The third-order valence-corrected chi connectivity index (χ3v) is 2.86. The number of ether oxygens (including phenoxy) is 1. The molecule has 1 heterocycles. The van der Waals surface area contributed by atoms with Crippen LogP contribution in [0.15, 0.2) is 18.2 Å². The second-order valence-corrected chi connectivity index (χ2v) is 4.37. The van der Waals surface area contributed by atoms with Gasteiger partial charge in [-0.15, -0.1) is 0 Å². The number of rotatable bonds is 3. The van der Waals surface area contributed by atoms with Gasteiger partial charge in [0, 0.05) is 25.6 Å². The normalized spacial score (nSPS) is 23.0. The van der Waals surface area contributed by atoms with E-state index in [-0.39, 0.29) is 24.5 Å². The van der Waals surface area contributed by atoms with E-state index in [2.05, 4.69) is 5.32 Å². The molecule has 0 spiro atoms. The standard InChI is InChI=1S/C12H14FNO4/c13-10-5-8(15)1-2-9(10)11(16)14-6-12(17)3-4-18-7-12/h1-2,5,15,17H,3-4,6-7H2,(H,14,16). The van der Waals surface area contributed by atoms with E-state index in [0.29, 0.717) is 13.0 Å². The van der Waals surface area contributed by atoms with E-state index in [1.54, 1.807) is 0 Å². The first-order chi connectivity index (χ1) is 8.50. The summed E-state index contributed by atoms with van der Waals surface area (Å²) in [5, 5.41) is 21.4. The summed E-state index contributed by atoms with van der Waals surface area (Å²) in [6.45, 7) is 0.609. The van der Waals surface area contributed by atoms with Crippen molar-refractivity contribution in [2.75, 3.05) is 19.8 Å². The van der Waals surface area contributed by atoms with E-state index < -0.39 is 17.3 Å². The maximum absolute atomic E-state index is 13.4. The Balaban J connectivity index is 1.99. The Morgan fingerprint density at radius 1 is 1.56 bits per heavy atom. The van der Waals surface area contributed by atoms with Crippen LogP contribution in [-0.4, -0.2) is 41.5 Å². The third kappa shape index (κ3) is 2.77. The first-order valence-electron chi connectivity index (χ1n) is 5.57. The van der Waals surface area contributed by atoms with Crippen molar-refractivity contribution in [2.45, 2.75) is 12.0 Å². The predicted octanol–water partition coefficient (Wildman–Crippen LogP) is 0.412. The molecule has 1 fully saturated rings. The lowest BCUT2D eigenvalue weighted by atomic mass is 10.0. The minimum atomic E-state index is -1.08. The fourth-order valence-electron chi connectivity index (χ4n) is 1.76. The topological polar surface area (TPSA) is 78.8 Å². The molecule has 18 heavy (non-hydrogen) atoms. The van der Waals surface area contributed by atoms with Crippen LogP contribution in [0.25, 0.3) is 0 Å². The van der Waals surface area contributed by atoms with Crippen LogP contribution in [0.3, 0.4) is 0 Å². The highest BCUT2D eigenvalue weighted by molar-refractivity contribution is 5.94. The quantitative estimate of drug-likeness (QED) is 0.731. The number of carbonyl (C=O) groups excluding carboxylic acids is 1. The summed E-state index contributed by atoms with van der Waals surface area (Å²) in [6, 6.07) is 3.28. The van der Waals surface area contributed by atoms with E-state index in [1.165, 1.54) is 12.1 Å². The number of amides is 1. The minimum Gasteiger partial charge on any atom is -0.508 e. The number of hydrogen-bond acceptors (Lipinski definition) is 4. The van der Waals surface area contributed by atoms with Crippen LogP contribution in [-0.2, 0) is 4.74 Å². The summed E-state index contributed by atoms with van der Waals surface area (Å²) in [4.78, 5) is 11.7. The summed E-state index contributed by atoms with van der Waals surface area (Å²) in [5.74, 6) is -1.68. The van der Waals surface area contributed by atoms with Gasteiger partial charge < -0.3 is 20.3 Å². The fraction of sp³-hybridized carbons (Fsp3) is 0.417. The van der Waals surface area contributed by atoms with Crippen LogP contribution < -0.4 is 5.32 Å². The lowest BCUT2D eigenvalue weighted by Gasteiger charge is -2.20. The molecule has 98 valence electrons. The number of carbonyl (C=O) groups is 1. The van der Waals surface area contributed by atoms with Gasteiger partial charge in [-0.2, -0.15) is 0 Å². The zero-order chi connectivity index (χ0) is 13.2. The molecule has 1 aromatic rings. The second kappa shape index (κ2) is 4.91. The zero-order valence-corrected chi connectivity index (χ0v) is 9.65. The predicted molar refractivity (Wildman–Crippen MR) is 60.8 cm³/mol. The van der Waals surface area contributed by atoms with Crippen molar-refractivity contribution in [3.05, 3.63) is 29.6 Å². The molecule has 1 atom stereocenters. The largest absolute Gasteiger partial charge is 0.508 e. The van der Waals surface area contributed by atoms with Gasteiger partial charge in [-0.1, -0.05) is 0 Å². The van der Waals surface area contributed by atoms with Gasteiger partial charge in [0.15, 0.2) is 0 Å². The second-order valence-electron chi connectivity index (χ2n) is 4.37. The van der Waals surface area contributed by atoms with E-state index in [0.717, 1.165) is 6.07 Å². The Kier molecular flexibility index (Phi) is 3.49. The highest BCUT2D eigenvalue weighted by Gasteiger charge is 2.32. The van der Waals surface area contributed by atoms with Gasteiger partial charge in [0.2, 0.25) is 0 Å². The van der Waals surface area contributed by atoms with Crippen molar-refractivity contribution in [3.63, 3.8) is 0 Å². The molecule has 5 nitrogen and oxygen atoms in total. The Labute approximate surface area is 103 Å². The molecule has 0 radical (unpaired) electrons. The Bertz CT molecular complexity index is 457. The average Bonchev–Trinajstić information content (AvgIpc) is 2.74. The lowest BCUT2D eigenvalue weighted by Crippen LogP contribution is -2.43. The number of halogens is 1. The van der Waals surface area contributed by atoms with Crippen molar-refractivity contribution in [1.29, 1.82) is 0 Å². The van der Waals surface area contributed by atoms with E-state index >= 15 is 0 Å². The molecule has 1 unspecified atom stereocenters. The average molecular weight is 255 g/mol. The molecule has 1 saturated heterocycles. The van der Waals surface area contributed by atoms with Crippen LogP contribution >= 0.6 is 0 Å². The van der Waals surface area contributed by atoms with Crippen LogP contribution in [0.1, 0.15) is 16.8 Å². The molecule has 0 bridgehead atoms. The van der Waals surface area contributed by atoms with Crippen LogP contribution in [0.4, 0.5) is 4.39 Å². The van der Waals surface area contributed by atoms with Crippen molar-refractivity contribution in [1.82, 2.24) is 5.32 Å². The number of phenols is 1. The molecule has 1 amide bonds. The van der Waals surface area contributed by atoms with Crippen molar-refractivity contribution in [2.24, 2.45) is 0 Å². The van der Waals surface area contributed by atoms with Gasteiger partial charge in [-0.25, -0.2) is 4.39 Å². The summed E-state index contributed by atoms with van der Waals surface area (Å²) in [6.07, 6.45) is 0.436. The number of aliphatic hydroxyl groups is 1. The van der Waals surface area contributed by atoms with Gasteiger partial charge in [0.05, 0.1) is 12.2 Å². The molecule has 0 aliphatic carbocycles. The third-order valence-electron chi connectivity index (χ3n) is 2.86. The fourth-order valence-corrected chi connectivity index (χ4v) is 1.76. The molecular weight excluding hydrogens is 241 g/mol. The molecule has 1 aliphatic rings. The Hall–Kier alpha value is -1.66. The minimum absolute atomic E-state index is 0.00610. The summed E-state index contributed by atoms with van der Waals surface area (Å²) in [5.41, 5.74) is -1.25. The number of nitrogens with one attached hydrogen (secondary N) is 1. The molecule has 1 aromatic carbocycles. The van der Waals surface area contributed by atoms with Gasteiger partial charge in [0.25, 0.3) is 5.91 Å².